The first-order valence-corrected chi connectivity index (χ1v) is 9.21. The number of rotatable bonds is 4. The SMILES string of the molecule is O=C(c1ccc(F)c(F)c1F)N1CCN(c2ccc(Nc3ccncc3)nn2)CC1. The highest BCUT2D eigenvalue weighted by Crippen LogP contribution is 2.20. The van der Waals surface area contributed by atoms with E-state index in [9.17, 15) is 18.0 Å². The number of nitrogens with one attached hydrogen (secondary N) is 1. The molecule has 7 nitrogen and oxygen atoms in total. The van der Waals surface area contributed by atoms with Crippen LogP contribution >= 0.6 is 0 Å². The zero-order valence-corrected chi connectivity index (χ0v) is 15.7. The maximum Gasteiger partial charge on any atom is 0.257 e. The summed E-state index contributed by atoms with van der Waals surface area (Å²) in [7, 11) is 0. The van der Waals surface area contributed by atoms with Crippen LogP contribution in [-0.2, 0) is 0 Å². The van der Waals surface area contributed by atoms with Gasteiger partial charge in [-0.2, -0.15) is 0 Å². The molecule has 154 valence electrons. The summed E-state index contributed by atoms with van der Waals surface area (Å²) in [5.74, 6) is -3.89. The molecule has 0 atom stereocenters. The van der Waals surface area contributed by atoms with Crippen LogP contribution in [0.3, 0.4) is 0 Å². The highest BCUT2D eigenvalue weighted by atomic mass is 19.2. The Labute approximate surface area is 170 Å². The molecule has 3 heterocycles. The first kappa shape index (κ1) is 19.6. The molecule has 4 rings (SSSR count). The Hall–Kier alpha value is -3.69. The topological polar surface area (TPSA) is 74.2 Å². The van der Waals surface area contributed by atoms with Crippen molar-refractivity contribution in [2.75, 3.05) is 36.4 Å². The van der Waals surface area contributed by atoms with Gasteiger partial charge in [0.05, 0.1) is 5.56 Å². The average Bonchev–Trinajstić information content (AvgIpc) is 2.79. The second-order valence-corrected chi connectivity index (χ2v) is 6.64. The smallest absolute Gasteiger partial charge is 0.257 e. The van der Waals surface area contributed by atoms with Gasteiger partial charge in [0.1, 0.15) is 0 Å². The highest BCUT2D eigenvalue weighted by molar-refractivity contribution is 5.94. The summed E-state index contributed by atoms with van der Waals surface area (Å²) in [5.41, 5.74) is 0.359. The predicted octanol–water partition coefficient (Wildman–Crippen LogP) is 2.99. The third-order valence-electron chi connectivity index (χ3n) is 4.76. The molecule has 1 aromatic carbocycles. The van der Waals surface area contributed by atoms with E-state index < -0.39 is 28.9 Å². The van der Waals surface area contributed by atoms with Crippen LogP contribution in [0.2, 0.25) is 0 Å². The molecule has 0 spiro atoms. The molecule has 3 aromatic rings. The molecule has 0 saturated carbocycles. The van der Waals surface area contributed by atoms with Crippen LogP contribution in [-0.4, -0.2) is 52.2 Å². The van der Waals surface area contributed by atoms with Crippen molar-refractivity contribution < 1.29 is 18.0 Å². The number of anilines is 3. The zero-order chi connectivity index (χ0) is 21.1. The Bertz CT molecular complexity index is 1040. The summed E-state index contributed by atoms with van der Waals surface area (Å²) in [5, 5.41) is 11.5. The lowest BCUT2D eigenvalue weighted by Crippen LogP contribution is -2.49. The van der Waals surface area contributed by atoms with Gasteiger partial charge in [0, 0.05) is 44.3 Å². The molecule has 1 saturated heterocycles. The van der Waals surface area contributed by atoms with E-state index in [0.717, 1.165) is 17.8 Å². The molecule has 0 bridgehead atoms. The molecule has 0 unspecified atom stereocenters. The lowest BCUT2D eigenvalue weighted by Gasteiger charge is -2.35. The van der Waals surface area contributed by atoms with E-state index in [1.165, 1.54) is 4.90 Å². The van der Waals surface area contributed by atoms with E-state index in [1.54, 1.807) is 18.5 Å². The van der Waals surface area contributed by atoms with E-state index in [0.29, 0.717) is 24.7 Å². The quantitative estimate of drug-likeness (QED) is 0.662. The lowest BCUT2D eigenvalue weighted by molar-refractivity contribution is 0.0740. The summed E-state index contributed by atoms with van der Waals surface area (Å²) in [6, 6.07) is 8.92. The second kappa shape index (κ2) is 8.36. The molecule has 0 aliphatic carbocycles. The fourth-order valence-corrected chi connectivity index (χ4v) is 3.14. The van der Waals surface area contributed by atoms with E-state index in [4.69, 9.17) is 0 Å². The largest absolute Gasteiger partial charge is 0.352 e. The summed E-state index contributed by atoms with van der Waals surface area (Å²) in [6.07, 6.45) is 3.33. The molecule has 0 radical (unpaired) electrons. The Balaban J connectivity index is 1.37. The van der Waals surface area contributed by atoms with Gasteiger partial charge in [0.25, 0.3) is 5.91 Å². The molecule has 30 heavy (non-hydrogen) atoms. The second-order valence-electron chi connectivity index (χ2n) is 6.64. The Kier molecular flexibility index (Phi) is 5.46. The number of hydrogen-bond acceptors (Lipinski definition) is 6. The number of nitrogens with zero attached hydrogens (tertiary/aromatic N) is 5. The van der Waals surface area contributed by atoms with E-state index in [-0.39, 0.29) is 13.1 Å². The van der Waals surface area contributed by atoms with Gasteiger partial charge in [-0.3, -0.25) is 9.78 Å². The Morgan fingerprint density at radius 2 is 1.60 bits per heavy atom. The van der Waals surface area contributed by atoms with Gasteiger partial charge in [-0.25, -0.2) is 13.2 Å². The molecule has 1 aliphatic rings. The summed E-state index contributed by atoms with van der Waals surface area (Å²) in [4.78, 5) is 19.8. The molecule has 1 amide bonds. The minimum absolute atomic E-state index is 0.288. The maximum atomic E-state index is 13.9. The number of benzene rings is 1. The van der Waals surface area contributed by atoms with Crippen LogP contribution in [0.1, 0.15) is 10.4 Å². The summed E-state index contributed by atoms with van der Waals surface area (Å²) >= 11 is 0. The van der Waals surface area contributed by atoms with Crippen LogP contribution in [0.5, 0.6) is 0 Å². The van der Waals surface area contributed by atoms with Crippen molar-refractivity contribution >= 4 is 23.2 Å². The highest BCUT2D eigenvalue weighted by Gasteiger charge is 2.27. The van der Waals surface area contributed by atoms with Crippen molar-refractivity contribution in [3.8, 4) is 0 Å². The van der Waals surface area contributed by atoms with E-state index in [2.05, 4.69) is 20.5 Å². The number of aromatic nitrogens is 3. The molecule has 2 aromatic heterocycles. The first-order valence-electron chi connectivity index (χ1n) is 9.21. The monoisotopic (exact) mass is 414 g/mol. The summed E-state index contributed by atoms with van der Waals surface area (Å²) in [6.45, 7) is 1.47. The fraction of sp³-hybridized carbons (Fsp3) is 0.200. The number of pyridine rings is 1. The molecule has 1 fully saturated rings. The van der Waals surface area contributed by atoms with Crippen LogP contribution in [0, 0.1) is 17.5 Å². The number of carbonyl (C=O) groups excluding carboxylic acids is 1. The molecule has 10 heteroatoms. The van der Waals surface area contributed by atoms with Crippen molar-refractivity contribution in [1.29, 1.82) is 0 Å². The van der Waals surface area contributed by atoms with Crippen molar-refractivity contribution in [3.63, 3.8) is 0 Å². The van der Waals surface area contributed by atoms with Gasteiger partial charge in [-0.15, -0.1) is 10.2 Å². The third-order valence-corrected chi connectivity index (χ3v) is 4.76. The Morgan fingerprint density at radius 1 is 0.867 bits per heavy atom. The van der Waals surface area contributed by atoms with E-state index in [1.807, 2.05) is 23.1 Å². The van der Waals surface area contributed by atoms with Crippen LogP contribution in [0.15, 0.2) is 48.8 Å². The van der Waals surface area contributed by atoms with Gasteiger partial charge in [0.15, 0.2) is 29.1 Å². The first-order chi connectivity index (χ1) is 14.5. The number of piperazine rings is 1. The van der Waals surface area contributed by atoms with Gasteiger partial charge in [-0.05, 0) is 36.4 Å². The van der Waals surface area contributed by atoms with Crippen molar-refractivity contribution in [3.05, 3.63) is 71.8 Å². The Morgan fingerprint density at radius 3 is 2.27 bits per heavy atom. The molecular weight excluding hydrogens is 397 g/mol. The standard InChI is InChI=1S/C20H17F3N6O/c21-15-2-1-14(18(22)19(15)23)20(30)29-11-9-28(10-12-29)17-4-3-16(26-27-17)25-13-5-7-24-8-6-13/h1-8H,9-12H2,(H,24,25,26). The van der Waals surface area contributed by atoms with Crippen LogP contribution in [0.25, 0.3) is 0 Å². The van der Waals surface area contributed by atoms with E-state index >= 15 is 0 Å². The van der Waals surface area contributed by atoms with Crippen molar-refractivity contribution in [1.82, 2.24) is 20.1 Å². The minimum Gasteiger partial charge on any atom is -0.352 e. The fourth-order valence-electron chi connectivity index (χ4n) is 3.14. The normalized spacial score (nSPS) is 14.0. The third kappa shape index (κ3) is 4.02. The molecular formula is C20H17F3N6O. The van der Waals surface area contributed by atoms with Gasteiger partial charge < -0.3 is 15.1 Å². The molecule has 1 N–H and O–H groups in total. The molecule has 1 aliphatic heterocycles. The van der Waals surface area contributed by atoms with Crippen molar-refractivity contribution in [2.24, 2.45) is 0 Å². The van der Waals surface area contributed by atoms with Gasteiger partial charge in [0.2, 0.25) is 0 Å². The minimum atomic E-state index is -1.64. The number of carbonyl (C=O) groups is 1. The van der Waals surface area contributed by atoms with Crippen molar-refractivity contribution in [2.45, 2.75) is 0 Å². The lowest BCUT2D eigenvalue weighted by atomic mass is 10.1. The van der Waals surface area contributed by atoms with Crippen LogP contribution in [0.4, 0.5) is 30.5 Å². The van der Waals surface area contributed by atoms with Crippen LogP contribution < -0.4 is 10.2 Å². The number of halogens is 3. The number of hydrogen-bond donors (Lipinski definition) is 1. The zero-order valence-electron chi connectivity index (χ0n) is 15.7. The average molecular weight is 414 g/mol. The number of amides is 1. The summed E-state index contributed by atoms with van der Waals surface area (Å²) < 4.78 is 40.4. The van der Waals surface area contributed by atoms with Gasteiger partial charge in [-0.1, -0.05) is 0 Å². The van der Waals surface area contributed by atoms with Gasteiger partial charge >= 0.3 is 0 Å². The predicted molar refractivity (Wildman–Crippen MR) is 104 cm³/mol. The maximum absolute atomic E-state index is 13.9.